The van der Waals surface area contributed by atoms with Gasteiger partial charge < -0.3 is 4.90 Å². The van der Waals surface area contributed by atoms with Gasteiger partial charge in [-0.3, -0.25) is 4.79 Å². The average Bonchev–Trinajstić information content (AvgIpc) is 2.13. The Kier molecular flexibility index (Phi) is 3.22. The molecule has 0 saturated carbocycles. The second kappa shape index (κ2) is 4.21. The number of hydrogen-bond donors (Lipinski definition) is 0. The lowest BCUT2D eigenvalue weighted by atomic mass is 10.1. The lowest BCUT2D eigenvalue weighted by molar-refractivity contribution is -0.113. The number of carbonyl (C=O) groups excluding carboxylic acids is 1. The average molecular weight is 402 g/mol. The fourth-order valence-corrected chi connectivity index (χ4v) is 3.15. The van der Waals surface area contributed by atoms with E-state index < -0.39 is 19.0 Å². The molecular formula is C10H7BrF2INO. The van der Waals surface area contributed by atoms with E-state index in [1.165, 1.54) is 0 Å². The minimum Gasteiger partial charge on any atom is -0.326 e. The Morgan fingerprint density at radius 2 is 2.06 bits per heavy atom. The maximum atomic E-state index is 12.7. The van der Waals surface area contributed by atoms with Gasteiger partial charge in [-0.05, 0) is 50.7 Å². The quantitative estimate of drug-likeness (QED) is 0.662. The van der Waals surface area contributed by atoms with Gasteiger partial charge in [-0.2, -0.15) is 0 Å². The molecule has 6 heteroatoms. The number of nitrogens with zero attached hydrogens (tertiary/aromatic N) is 1. The Morgan fingerprint density at radius 3 is 2.56 bits per heavy atom. The number of hydrogen-bond acceptors (Lipinski definition) is 1. The van der Waals surface area contributed by atoms with Crippen molar-refractivity contribution in [2.45, 2.75) is 5.92 Å². The van der Waals surface area contributed by atoms with Gasteiger partial charge in [-0.25, -0.2) is 8.78 Å². The van der Waals surface area contributed by atoms with Gasteiger partial charge in [0, 0.05) is 8.04 Å². The number of likely N-dealkylation sites (tertiary alicyclic amines) is 1. The molecule has 0 spiro atoms. The summed E-state index contributed by atoms with van der Waals surface area (Å²) >= 11 is 5.28. The van der Waals surface area contributed by atoms with Gasteiger partial charge >= 0.3 is 0 Å². The number of alkyl halides is 2. The van der Waals surface area contributed by atoms with Crippen LogP contribution in [-0.2, 0) is 0 Å². The van der Waals surface area contributed by atoms with E-state index in [4.69, 9.17) is 0 Å². The Labute approximate surface area is 113 Å². The van der Waals surface area contributed by atoms with Crippen LogP contribution >= 0.6 is 38.5 Å². The molecule has 1 saturated heterocycles. The van der Waals surface area contributed by atoms with Crippen molar-refractivity contribution in [1.82, 2.24) is 4.90 Å². The first-order valence-corrected chi connectivity index (χ1v) is 6.39. The summed E-state index contributed by atoms with van der Waals surface area (Å²) in [7, 11) is 0. The maximum Gasteiger partial charge on any atom is 0.282 e. The van der Waals surface area contributed by atoms with E-state index >= 15 is 0 Å². The van der Waals surface area contributed by atoms with Crippen LogP contribution in [-0.4, -0.2) is 29.8 Å². The van der Waals surface area contributed by atoms with Gasteiger partial charge in [0.2, 0.25) is 0 Å². The predicted octanol–water partition coefficient (Wildman–Crippen LogP) is 3.14. The summed E-state index contributed by atoms with van der Waals surface area (Å²) < 4.78 is 26.7. The Hall–Kier alpha value is -0.240. The standard InChI is InChI=1S/C10H7BrF2INO/c11-6-2-1-3-7(14)8(6)9(16)15-4-10(12,13)5-15/h1-3H,4-5H2. The first kappa shape index (κ1) is 12.2. The highest BCUT2D eigenvalue weighted by Crippen LogP contribution is 2.31. The van der Waals surface area contributed by atoms with Crippen LogP contribution in [0.4, 0.5) is 8.78 Å². The van der Waals surface area contributed by atoms with Crippen LogP contribution in [0.15, 0.2) is 22.7 Å². The molecule has 0 radical (unpaired) electrons. The molecule has 0 unspecified atom stereocenters. The van der Waals surface area contributed by atoms with Crippen molar-refractivity contribution in [2.24, 2.45) is 0 Å². The molecule has 16 heavy (non-hydrogen) atoms. The van der Waals surface area contributed by atoms with Crippen LogP contribution < -0.4 is 0 Å². The van der Waals surface area contributed by atoms with Gasteiger partial charge in [0.1, 0.15) is 0 Å². The molecule has 0 aliphatic carbocycles. The lowest BCUT2D eigenvalue weighted by Crippen LogP contribution is -2.58. The Balaban J connectivity index is 2.23. The van der Waals surface area contributed by atoms with Crippen molar-refractivity contribution in [2.75, 3.05) is 13.1 Å². The summed E-state index contributed by atoms with van der Waals surface area (Å²) in [5.74, 6) is -3.06. The maximum absolute atomic E-state index is 12.7. The molecular weight excluding hydrogens is 395 g/mol. The molecule has 1 aromatic rings. The largest absolute Gasteiger partial charge is 0.326 e. The minimum absolute atomic E-state index is 0.345. The van der Waals surface area contributed by atoms with Crippen molar-refractivity contribution in [3.05, 3.63) is 31.8 Å². The van der Waals surface area contributed by atoms with Crippen LogP contribution in [0.5, 0.6) is 0 Å². The normalized spacial score (nSPS) is 18.1. The van der Waals surface area contributed by atoms with Crippen LogP contribution in [0.1, 0.15) is 10.4 Å². The molecule has 86 valence electrons. The van der Waals surface area contributed by atoms with Gasteiger partial charge in [0.05, 0.1) is 18.7 Å². The monoisotopic (exact) mass is 401 g/mol. The zero-order chi connectivity index (χ0) is 11.9. The lowest BCUT2D eigenvalue weighted by Gasteiger charge is -2.38. The first-order valence-electron chi connectivity index (χ1n) is 4.52. The van der Waals surface area contributed by atoms with E-state index in [0.29, 0.717) is 10.0 Å². The zero-order valence-corrected chi connectivity index (χ0v) is 11.8. The van der Waals surface area contributed by atoms with Gasteiger partial charge in [0.15, 0.2) is 0 Å². The number of amides is 1. The highest BCUT2D eigenvalue weighted by molar-refractivity contribution is 14.1. The Morgan fingerprint density at radius 1 is 1.44 bits per heavy atom. The third-order valence-corrected chi connectivity index (χ3v) is 3.87. The smallest absolute Gasteiger partial charge is 0.282 e. The molecule has 2 rings (SSSR count). The topological polar surface area (TPSA) is 20.3 Å². The summed E-state index contributed by atoms with van der Waals surface area (Å²) in [6, 6.07) is 5.30. The molecule has 0 N–H and O–H groups in total. The summed E-state index contributed by atoms with van der Waals surface area (Å²) in [5, 5.41) is 0. The third-order valence-electron chi connectivity index (χ3n) is 2.31. The molecule has 1 aliphatic heterocycles. The van der Waals surface area contributed by atoms with Crippen LogP contribution in [0.2, 0.25) is 0 Å². The molecule has 1 aliphatic rings. The highest BCUT2D eigenvalue weighted by Gasteiger charge is 2.46. The summed E-state index contributed by atoms with van der Waals surface area (Å²) in [6.07, 6.45) is 0. The zero-order valence-electron chi connectivity index (χ0n) is 8.01. The molecule has 0 atom stereocenters. The highest BCUT2D eigenvalue weighted by atomic mass is 127. The molecule has 1 heterocycles. The summed E-state index contributed by atoms with van der Waals surface area (Å²) in [5.41, 5.74) is 0.457. The van der Waals surface area contributed by atoms with Gasteiger partial charge in [-0.15, -0.1) is 0 Å². The van der Waals surface area contributed by atoms with Crippen LogP contribution in [0.3, 0.4) is 0 Å². The van der Waals surface area contributed by atoms with Crippen LogP contribution in [0, 0.1) is 3.57 Å². The SMILES string of the molecule is O=C(c1c(Br)cccc1I)N1CC(F)(F)C1. The molecule has 1 amide bonds. The molecule has 0 aromatic heterocycles. The minimum atomic E-state index is -2.72. The van der Waals surface area contributed by atoms with Crippen molar-refractivity contribution < 1.29 is 13.6 Å². The van der Waals surface area contributed by atoms with E-state index in [1.807, 2.05) is 22.6 Å². The van der Waals surface area contributed by atoms with Gasteiger partial charge in [0.25, 0.3) is 11.8 Å². The van der Waals surface area contributed by atoms with E-state index in [-0.39, 0.29) is 5.91 Å². The number of carbonyl (C=O) groups is 1. The Bertz CT molecular complexity index is 424. The second-order valence-corrected chi connectivity index (χ2v) is 5.63. The first-order chi connectivity index (χ1) is 7.41. The molecule has 1 aromatic carbocycles. The van der Waals surface area contributed by atoms with Crippen molar-refractivity contribution >= 4 is 44.4 Å². The fraction of sp³-hybridized carbons (Fsp3) is 0.300. The van der Waals surface area contributed by atoms with E-state index in [0.717, 1.165) is 8.47 Å². The number of benzene rings is 1. The third kappa shape index (κ3) is 2.22. The van der Waals surface area contributed by atoms with Crippen LogP contribution in [0.25, 0.3) is 0 Å². The molecule has 1 fully saturated rings. The van der Waals surface area contributed by atoms with E-state index in [2.05, 4.69) is 15.9 Å². The summed E-state index contributed by atoms with van der Waals surface area (Å²) in [4.78, 5) is 13.1. The summed E-state index contributed by atoms with van der Waals surface area (Å²) in [6.45, 7) is -0.966. The molecule has 0 bridgehead atoms. The second-order valence-electron chi connectivity index (χ2n) is 3.61. The fourth-order valence-electron chi connectivity index (χ4n) is 1.52. The van der Waals surface area contributed by atoms with Crippen molar-refractivity contribution in [1.29, 1.82) is 0 Å². The van der Waals surface area contributed by atoms with Crippen molar-refractivity contribution in [3.8, 4) is 0 Å². The number of rotatable bonds is 1. The van der Waals surface area contributed by atoms with E-state index in [9.17, 15) is 13.6 Å². The number of halogens is 4. The predicted molar refractivity (Wildman–Crippen MR) is 67.7 cm³/mol. The van der Waals surface area contributed by atoms with E-state index in [1.54, 1.807) is 18.2 Å². The van der Waals surface area contributed by atoms with Crippen molar-refractivity contribution in [3.63, 3.8) is 0 Å². The molecule has 2 nitrogen and oxygen atoms in total. The van der Waals surface area contributed by atoms with Gasteiger partial charge in [-0.1, -0.05) is 6.07 Å².